The van der Waals surface area contributed by atoms with Crippen LogP contribution in [0.3, 0.4) is 0 Å². The van der Waals surface area contributed by atoms with E-state index in [9.17, 15) is 18.4 Å². The number of carbonyl (C=O) groups is 1. The predicted molar refractivity (Wildman–Crippen MR) is 141 cm³/mol. The molecule has 192 valence electrons. The van der Waals surface area contributed by atoms with Crippen molar-refractivity contribution in [3.63, 3.8) is 0 Å². The number of piperidine rings is 1. The first-order valence-electron chi connectivity index (χ1n) is 11.4. The monoisotopic (exact) mass is 581 g/mol. The van der Waals surface area contributed by atoms with Crippen molar-refractivity contribution in [2.45, 2.75) is 32.8 Å². The third kappa shape index (κ3) is 6.72. The highest BCUT2D eigenvalue weighted by atomic mass is 79.9. The van der Waals surface area contributed by atoms with Crippen LogP contribution in [0, 0.1) is 24.5 Å². The number of aromatic nitrogens is 1. The van der Waals surface area contributed by atoms with E-state index in [4.69, 9.17) is 4.74 Å². The summed E-state index contributed by atoms with van der Waals surface area (Å²) in [5.74, 6) is -1.04. The number of halogens is 4. The molecule has 1 fully saturated rings. The van der Waals surface area contributed by atoms with E-state index in [1.54, 1.807) is 6.92 Å². The van der Waals surface area contributed by atoms with Crippen LogP contribution in [0.25, 0.3) is 0 Å². The molecule has 2 heterocycles. The highest BCUT2D eigenvalue weighted by Crippen LogP contribution is 2.31. The number of rotatable bonds is 7. The molecule has 0 atom stereocenters. The fourth-order valence-corrected chi connectivity index (χ4v) is 4.55. The highest BCUT2D eigenvalue weighted by molar-refractivity contribution is 9.10. The second-order valence-electron chi connectivity index (χ2n) is 8.61. The smallest absolute Gasteiger partial charge is 0.266 e. The first kappa shape index (κ1) is 27.8. The van der Waals surface area contributed by atoms with Gasteiger partial charge < -0.3 is 20.4 Å². The lowest BCUT2D eigenvalue weighted by Crippen LogP contribution is -2.34. The summed E-state index contributed by atoms with van der Waals surface area (Å²) in [5, 5.41) is 6.24. The molecule has 0 bridgehead atoms. The summed E-state index contributed by atoms with van der Waals surface area (Å²) in [4.78, 5) is 27.6. The van der Waals surface area contributed by atoms with Gasteiger partial charge in [-0.15, -0.1) is 12.4 Å². The Balaban J connectivity index is 0.00000361. The predicted octanol–water partition coefficient (Wildman–Crippen LogP) is 5.25. The van der Waals surface area contributed by atoms with Gasteiger partial charge >= 0.3 is 0 Å². The van der Waals surface area contributed by atoms with Crippen LogP contribution >= 0.6 is 28.3 Å². The zero-order chi connectivity index (χ0) is 24.9. The number of hydrogen-bond donors (Lipinski definition) is 3. The number of hydrogen-bond acceptors (Lipinski definition) is 4. The van der Waals surface area contributed by atoms with Crippen molar-refractivity contribution in [2.75, 3.05) is 18.4 Å². The van der Waals surface area contributed by atoms with Crippen LogP contribution in [-0.2, 0) is 17.8 Å². The molecule has 1 amide bonds. The van der Waals surface area contributed by atoms with Gasteiger partial charge in [0.1, 0.15) is 28.5 Å². The third-order valence-electron chi connectivity index (χ3n) is 6.13. The van der Waals surface area contributed by atoms with E-state index in [1.807, 2.05) is 24.3 Å². The van der Waals surface area contributed by atoms with Crippen molar-refractivity contribution >= 4 is 39.9 Å². The van der Waals surface area contributed by atoms with Crippen LogP contribution in [0.2, 0.25) is 0 Å². The van der Waals surface area contributed by atoms with Gasteiger partial charge in [-0.05, 0) is 78.6 Å². The average molecular weight is 583 g/mol. The highest BCUT2D eigenvalue weighted by Gasteiger charge is 2.21. The number of benzene rings is 2. The Bertz CT molecular complexity index is 1280. The fourth-order valence-electron chi connectivity index (χ4n) is 4.10. The van der Waals surface area contributed by atoms with Gasteiger partial charge in [0.25, 0.3) is 5.56 Å². The molecular weight excluding hydrogens is 556 g/mol. The number of carbonyl (C=O) groups excluding carboxylic acids is 1. The number of aryl methyl sites for hydroxylation is 1. The van der Waals surface area contributed by atoms with E-state index >= 15 is 0 Å². The number of aromatic amines is 1. The molecule has 1 aliphatic rings. The van der Waals surface area contributed by atoms with E-state index in [0.717, 1.165) is 54.9 Å². The van der Waals surface area contributed by atoms with Gasteiger partial charge in [-0.2, -0.15) is 0 Å². The molecule has 3 aromatic rings. The van der Waals surface area contributed by atoms with Crippen molar-refractivity contribution in [1.82, 2.24) is 10.3 Å². The minimum atomic E-state index is -0.716. The number of anilines is 1. The summed E-state index contributed by atoms with van der Waals surface area (Å²) in [7, 11) is 0. The number of amides is 1. The molecule has 1 aromatic heterocycles. The van der Waals surface area contributed by atoms with Gasteiger partial charge in [0.15, 0.2) is 0 Å². The van der Waals surface area contributed by atoms with Crippen molar-refractivity contribution in [1.29, 1.82) is 0 Å². The van der Waals surface area contributed by atoms with Crippen LogP contribution < -0.4 is 20.9 Å². The number of nitrogens with one attached hydrogen (secondary N) is 3. The van der Waals surface area contributed by atoms with Crippen molar-refractivity contribution in [2.24, 2.45) is 5.92 Å². The molecule has 2 aromatic carbocycles. The second-order valence-corrected chi connectivity index (χ2v) is 9.41. The van der Waals surface area contributed by atoms with Gasteiger partial charge in [-0.3, -0.25) is 9.59 Å². The maximum atomic E-state index is 14.1. The van der Waals surface area contributed by atoms with Gasteiger partial charge in [-0.1, -0.05) is 12.1 Å². The van der Waals surface area contributed by atoms with Crippen LogP contribution in [0.5, 0.6) is 5.75 Å². The number of H-pyrrole nitrogens is 1. The van der Waals surface area contributed by atoms with Crippen LogP contribution in [0.4, 0.5) is 14.5 Å². The lowest BCUT2D eigenvalue weighted by atomic mass is 9.97. The molecular formula is C26H27BrClF2N3O3. The minimum Gasteiger partial charge on any atom is -0.487 e. The SMILES string of the molecule is Cc1[nH]c(=O)c(Br)c(OCc2ccc(F)cc2F)c1Cc1ccc(NC(=O)C2CCNCC2)cc1.Cl. The second kappa shape index (κ2) is 12.5. The topological polar surface area (TPSA) is 83.2 Å². The summed E-state index contributed by atoms with van der Waals surface area (Å²) in [6, 6.07) is 10.8. The van der Waals surface area contributed by atoms with Crippen molar-refractivity contribution in [3.8, 4) is 5.75 Å². The van der Waals surface area contributed by atoms with Crippen LogP contribution in [0.1, 0.15) is 35.2 Å². The maximum Gasteiger partial charge on any atom is 0.266 e. The minimum absolute atomic E-state index is 0. The molecule has 1 saturated heterocycles. The van der Waals surface area contributed by atoms with E-state index in [1.165, 1.54) is 6.07 Å². The molecule has 1 aliphatic heterocycles. The Morgan fingerprint density at radius 3 is 2.50 bits per heavy atom. The van der Waals surface area contributed by atoms with Crippen molar-refractivity contribution in [3.05, 3.63) is 91.3 Å². The first-order valence-corrected chi connectivity index (χ1v) is 12.2. The molecule has 4 rings (SSSR count). The summed E-state index contributed by atoms with van der Waals surface area (Å²) < 4.78 is 33.4. The van der Waals surface area contributed by atoms with E-state index in [2.05, 4.69) is 31.5 Å². The Labute approximate surface area is 222 Å². The molecule has 0 saturated carbocycles. The summed E-state index contributed by atoms with van der Waals surface area (Å²) in [5.41, 5.74) is 2.82. The average Bonchev–Trinajstić information content (AvgIpc) is 2.85. The number of pyridine rings is 1. The molecule has 3 N–H and O–H groups in total. The molecule has 0 aliphatic carbocycles. The Morgan fingerprint density at radius 2 is 1.83 bits per heavy atom. The lowest BCUT2D eigenvalue weighted by molar-refractivity contribution is -0.120. The normalized spacial score (nSPS) is 13.7. The quantitative estimate of drug-likeness (QED) is 0.355. The largest absolute Gasteiger partial charge is 0.487 e. The van der Waals surface area contributed by atoms with Gasteiger partial charge in [0.05, 0.1) is 0 Å². The zero-order valence-electron chi connectivity index (χ0n) is 19.6. The molecule has 0 radical (unpaired) electrons. The van der Waals surface area contributed by atoms with Crippen LogP contribution in [0.15, 0.2) is 51.7 Å². The van der Waals surface area contributed by atoms with Gasteiger partial charge in [0, 0.05) is 40.9 Å². The summed E-state index contributed by atoms with van der Waals surface area (Å²) in [6.07, 6.45) is 2.09. The molecule has 10 heteroatoms. The summed E-state index contributed by atoms with van der Waals surface area (Å²) in [6.45, 7) is 3.30. The lowest BCUT2D eigenvalue weighted by Gasteiger charge is -2.21. The molecule has 0 unspecified atom stereocenters. The fraction of sp³-hybridized carbons (Fsp3) is 0.308. The Kier molecular flexibility index (Phi) is 9.64. The summed E-state index contributed by atoms with van der Waals surface area (Å²) >= 11 is 3.28. The van der Waals surface area contributed by atoms with E-state index in [0.29, 0.717) is 17.9 Å². The Hall–Kier alpha value is -2.75. The van der Waals surface area contributed by atoms with E-state index < -0.39 is 11.6 Å². The zero-order valence-corrected chi connectivity index (χ0v) is 22.0. The van der Waals surface area contributed by atoms with E-state index in [-0.39, 0.29) is 46.4 Å². The molecule has 0 spiro atoms. The standard InChI is InChI=1S/C26H26BrF2N3O3.ClH/c1-15-21(12-16-2-6-20(7-3-16)32-25(33)17-8-10-30-11-9-17)24(23(27)26(34)31-15)35-14-18-4-5-19(28)13-22(18)29;/h2-7,13,17,30H,8-12,14H2,1H3,(H,31,34)(H,32,33);1H. The Morgan fingerprint density at radius 1 is 1.14 bits per heavy atom. The van der Waals surface area contributed by atoms with Crippen molar-refractivity contribution < 1.29 is 18.3 Å². The first-order chi connectivity index (χ1) is 16.8. The van der Waals surface area contributed by atoms with Gasteiger partial charge in [-0.25, -0.2) is 8.78 Å². The maximum absolute atomic E-state index is 14.1. The number of ether oxygens (including phenoxy) is 1. The van der Waals surface area contributed by atoms with Crippen LogP contribution in [-0.4, -0.2) is 24.0 Å². The third-order valence-corrected chi connectivity index (χ3v) is 6.85. The molecule has 6 nitrogen and oxygen atoms in total. The molecule has 36 heavy (non-hydrogen) atoms. The van der Waals surface area contributed by atoms with Gasteiger partial charge in [0.2, 0.25) is 5.91 Å².